The van der Waals surface area contributed by atoms with E-state index in [-0.39, 0.29) is 30.2 Å². The molecule has 0 fully saturated rings. The first-order valence-electron chi connectivity index (χ1n) is 8.52. The van der Waals surface area contributed by atoms with Crippen LogP contribution in [0, 0.1) is 11.8 Å². The number of Topliss-reactive ketones (excluding diaryl/α,β-unsaturated/α-hetero) is 2. The molecule has 3 atom stereocenters. The van der Waals surface area contributed by atoms with Crippen LogP contribution in [-0.2, 0) is 23.9 Å². The maximum atomic E-state index is 12.7. The van der Waals surface area contributed by atoms with Crippen molar-refractivity contribution in [1.82, 2.24) is 0 Å². The van der Waals surface area contributed by atoms with Crippen molar-refractivity contribution < 1.29 is 23.9 Å². The Morgan fingerprint density at radius 3 is 2.19 bits per heavy atom. The first-order valence-corrected chi connectivity index (χ1v) is 8.52. The molecular weight excluding hydrogens is 332 g/mol. The molecule has 0 N–H and O–H groups in total. The van der Waals surface area contributed by atoms with Crippen LogP contribution in [0.25, 0.3) is 0 Å². The van der Waals surface area contributed by atoms with Crippen LogP contribution in [0.3, 0.4) is 0 Å². The van der Waals surface area contributed by atoms with Crippen LogP contribution in [0.2, 0.25) is 0 Å². The number of hydrogen-bond donors (Lipinski definition) is 0. The zero-order chi connectivity index (χ0) is 20.3. The van der Waals surface area contributed by atoms with Crippen LogP contribution in [0.4, 0.5) is 0 Å². The maximum Gasteiger partial charge on any atom is 0.293 e. The summed E-state index contributed by atoms with van der Waals surface area (Å²) in [7, 11) is 0. The van der Waals surface area contributed by atoms with Gasteiger partial charge in [-0.15, -0.1) is 6.58 Å². The zero-order valence-electron chi connectivity index (χ0n) is 15.8. The molecule has 26 heavy (non-hydrogen) atoms. The number of carbonyl (C=O) groups excluding carboxylic acids is 4. The Morgan fingerprint density at radius 2 is 1.77 bits per heavy atom. The number of ketones is 3. The molecule has 0 amide bonds. The molecule has 5 heteroatoms. The predicted molar refractivity (Wildman–Crippen MR) is 101 cm³/mol. The number of ether oxygens (including phenoxy) is 1. The first-order chi connectivity index (χ1) is 12.2. The van der Waals surface area contributed by atoms with E-state index in [9.17, 15) is 19.2 Å². The SMILES string of the molecule is C=CC(=O)/C=C(/C)C(=O)[C@@H](OC=O)C(C=C)[C@H](CCC)CC(=O)C(=C)C. The summed E-state index contributed by atoms with van der Waals surface area (Å²) in [5, 5.41) is 0. The van der Waals surface area contributed by atoms with E-state index in [2.05, 4.69) is 19.7 Å². The topological polar surface area (TPSA) is 77.5 Å². The average molecular weight is 360 g/mol. The van der Waals surface area contributed by atoms with Crippen molar-refractivity contribution in [2.45, 2.75) is 46.1 Å². The minimum atomic E-state index is -1.15. The molecule has 0 aliphatic rings. The van der Waals surface area contributed by atoms with Gasteiger partial charge in [-0.1, -0.05) is 32.6 Å². The normalized spacial score (nSPS) is 14.5. The highest BCUT2D eigenvalue weighted by atomic mass is 16.5. The summed E-state index contributed by atoms with van der Waals surface area (Å²) in [5.74, 6) is -1.82. The van der Waals surface area contributed by atoms with Gasteiger partial charge in [-0.3, -0.25) is 19.2 Å². The molecule has 0 saturated heterocycles. The van der Waals surface area contributed by atoms with E-state index in [0.29, 0.717) is 12.0 Å². The maximum absolute atomic E-state index is 12.7. The van der Waals surface area contributed by atoms with Gasteiger partial charge in [0.1, 0.15) is 0 Å². The summed E-state index contributed by atoms with van der Waals surface area (Å²) >= 11 is 0. The lowest BCUT2D eigenvalue weighted by atomic mass is 9.78. The molecular formula is C21H28O5. The van der Waals surface area contributed by atoms with E-state index in [1.54, 1.807) is 6.92 Å². The quantitative estimate of drug-likeness (QED) is 0.269. The van der Waals surface area contributed by atoms with Gasteiger partial charge in [0.2, 0.25) is 0 Å². The molecule has 5 nitrogen and oxygen atoms in total. The van der Waals surface area contributed by atoms with Crippen LogP contribution in [0.5, 0.6) is 0 Å². The Kier molecular flexibility index (Phi) is 10.7. The lowest BCUT2D eigenvalue weighted by molar-refractivity contribution is -0.145. The van der Waals surface area contributed by atoms with E-state index in [4.69, 9.17) is 4.74 Å². The second-order valence-corrected chi connectivity index (χ2v) is 6.22. The van der Waals surface area contributed by atoms with Crippen LogP contribution < -0.4 is 0 Å². The Labute approximate surface area is 155 Å². The zero-order valence-corrected chi connectivity index (χ0v) is 15.8. The molecule has 0 heterocycles. The molecule has 0 bridgehead atoms. The van der Waals surface area contributed by atoms with E-state index in [1.807, 2.05) is 6.92 Å². The molecule has 0 aliphatic carbocycles. The Morgan fingerprint density at radius 1 is 1.15 bits per heavy atom. The molecule has 0 aromatic heterocycles. The summed E-state index contributed by atoms with van der Waals surface area (Å²) in [5.41, 5.74) is 0.579. The second-order valence-electron chi connectivity index (χ2n) is 6.22. The first kappa shape index (κ1) is 23.4. The van der Waals surface area contributed by atoms with Crippen molar-refractivity contribution in [3.8, 4) is 0 Å². The average Bonchev–Trinajstić information content (AvgIpc) is 2.60. The molecule has 142 valence electrons. The third-order valence-electron chi connectivity index (χ3n) is 4.16. The van der Waals surface area contributed by atoms with Crippen molar-refractivity contribution in [3.63, 3.8) is 0 Å². The van der Waals surface area contributed by atoms with Gasteiger partial charge in [-0.2, -0.15) is 0 Å². The van der Waals surface area contributed by atoms with E-state index < -0.39 is 23.6 Å². The number of allylic oxidation sites excluding steroid dienone is 3. The Hall–Kier alpha value is -2.56. The predicted octanol–water partition coefficient (Wildman–Crippen LogP) is 3.55. The number of carbonyl (C=O) groups is 4. The highest BCUT2D eigenvalue weighted by molar-refractivity contribution is 6.08. The molecule has 1 unspecified atom stereocenters. The fraction of sp³-hybridized carbons (Fsp3) is 0.429. The fourth-order valence-electron chi connectivity index (χ4n) is 2.73. The molecule has 0 radical (unpaired) electrons. The van der Waals surface area contributed by atoms with Gasteiger partial charge in [-0.25, -0.2) is 0 Å². The number of hydrogen-bond acceptors (Lipinski definition) is 5. The van der Waals surface area contributed by atoms with Crippen molar-refractivity contribution >= 4 is 23.8 Å². The summed E-state index contributed by atoms with van der Waals surface area (Å²) in [6.45, 7) is 16.0. The molecule has 0 rings (SSSR count). The van der Waals surface area contributed by atoms with Crippen molar-refractivity contribution in [2.75, 3.05) is 0 Å². The summed E-state index contributed by atoms with van der Waals surface area (Å²) in [6.07, 6.45) is 4.22. The lowest BCUT2D eigenvalue weighted by Crippen LogP contribution is -2.37. The molecule has 0 spiro atoms. The largest absolute Gasteiger partial charge is 0.456 e. The van der Waals surface area contributed by atoms with Crippen LogP contribution >= 0.6 is 0 Å². The summed E-state index contributed by atoms with van der Waals surface area (Å²) in [6, 6.07) is 0. The van der Waals surface area contributed by atoms with Gasteiger partial charge in [0.15, 0.2) is 23.5 Å². The molecule has 0 aromatic rings. The highest BCUT2D eigenvalue weighted by Gasteiger charge is 2.35. The molecule has 0 aromatic carbocycles. The van der Waals surface area contributed by atoms with Crippen LogP contribution in [-0.4, -0.2) is 29.9 Å². The van der Waals surface area contributed by atoms with Gasteiger partial charge >= 0.3 is 0 Å². The standard InChI is InChI=1S/C21H28O5/c1-7-10-16(12-19(24)14(4)5)18(9-3)21(26-13-22)20(25)15(6)11-17(23)8-2/h8-9,11,13,16,18,21H,2-4,7,10,12H2,1,5-6H3/b15-11-/t16-,18?,21+/m1/s1. The van der Waals surface area contributed by atoms with Crippen molar-refractivity contribution in [2.24, 2.45) is 11.8 Å². The van der Waals surface area contributed by atoms with Crippen molar-refractivity contribution in [3.05, 3.63) is 49.1 Å². The van der Waals surface area contributed by atoms with Crippen molar-refractivity contribution in [1.29, 1.82) is 0 Å². The van der Waals surface area contributed by atoms with Crippen LogP contribution in [0.15, 0.2) is 49.1 Å². The van der Waals surface area contributed by atoms with Crippen LogP contribution in [0.1, 0.15) is 40.0 Å². The van der Waals surface area contributed by atoms with E-state index in [0.717, 1.165) is 18.6 Å². The molecule has 0 aliphatic heterocycles. The van der Waals surface area contributed by atoms with Gasteiger partial charge < -0.3 is 4.74 Å². The third kappa shape index (κ3) is 7.13. The van der Waals surface area contributed by atoms with Gasteiger partial charge in [0.25, 0.3) is 6.47 Å². The lowest BCUT2D eigenvalue weighted by Gasteiger charge is -2.29. The van der Waals surface area contributed by atoms with E-state index >= 15 is 0 Å². The third-order valence-corrected chi connectivity index (χ3v) is 4.16. The minimum absolute atomic E-state index is 0.110. The number of rotatable bonds is 14. The Balaban J connectivity index is 5.78. The summed E-state index contributed by atoms with van der Waals surface area (Å²) in [4.78, 5) is 47.3. The fourth-order valence-corrected chi connectivity index (χ4v) is 2.73. The van der Waals surface area contributed by atoms with Gasteiger partial charge in [0.05, 0.1) is 0 Å². The highest BCUT2D eigenvalue weighted by Crippen LogP contribution is 2.30. The smallest absolute Gasteiger partial charge is 0.293 e. The van der Waals surface area contributed by atoms with Gasteiger partial charge in [0, 0.05) is 12.3 Å². The second kappa shape index (κ2) is 11.9. The summed E-state index contributed by atoms with van der Waals surface area (Å²) < 4.78 is 5.05. The van der Waals surface area contributed by atoms with E-state index in [1.165, 1.54) is 13.0 Å². The monoisotopic (exact) mass is 360 g/mol. The van der Waals surface area contributed by atoms with Gasteiger partial charge in [-0.05, 0) is 49.5 Å². The Bertz CT molecular complexity index is 612. The molecule has 0 saturated carbocycles. The minimum Gasteiger partial charge on any atom is -0.456 e.